The number of hydrogen-bond donors (Lipinski definition) is 2. The number of piperidine rings is 1. The van der Waals surface area contributed by atoms with E-state index >= 15 is 0 Å². The molecular formula is C24H41N5O2. The maximum absolute atomic E-state index is 5.58. The van der Waals surface area contributed by atoms with Crippen LogP contribution in [0.4, 0.5) is 0 Å². The average Bonchev–Trinajstić information content (AvgIpc) is 2.82. The van der Waals surface area contributed by atoms with Gasteiger partial charge in [0.25, 0.3) is 0 Å². The molecule has 31 heavy (non-hydrogen) atoms. The molecule has 7 heteroatoms. The Hall–Kier alpha value is -1.83. The Morgan fingerprint density at radius 3 is 2.32 bits per heavy atom. The summed E-state index contributed by atoms with van der Waals surface area (Å²) in [5, 5.41) is 7.11. The first-order chi connectivity index (χ1) is 15.1. The third kappa shape index (κ3) is 7.09. The van der Waals surface area contributed by atoms with Crippen LogP contribution in [-0.4, -0.2) is 88.4 Å². The maximum Gasteiger partial charge on any atom is 0.191 e. The largest absolute Gasteiger partial charge is 0.497 e. The molecule has 0 spiro atoms. The minimum Gasteiger partial charge on any atom is -0.497 e. The van der Waals surface area contributed by atoms with Gasteiger partial charge in [0.15, 0.2) is 5.96 Å². The van der Waals surface area contributed by atoms with Crippen LogP contribution in [-0.2, 0) is 4.74 Å². The first-order valence-corrected chi connectivity index (χ1v) is 11.7. The van der Waals surface area contributed by atoms with Crippen molar-refractivity contribution in [3.8, 4) is 5.75 Å². The number of nitrogens with zero attached hydrogens (tertiary/aromatic N) is 3. The van der Waals surface area contributed by atoms with Gasteiger partial charge in [-0.3, -0.25) is 14.8 Å². The molecule has 0 saturated carbocycles. The number of methoxy groups -OCH3 is 1. The van der Waals surface area contributed by atoms with Crippen LogP contribution in [0.2, 0.25) is 0 Å². The summed E-state index contributed by atoms with van der Waals surface area (Å²) in [6, 6.07) is 9.16. The molecule has 0 aliphatic carbocycles. The lowest BCUT2D eigenvalue weighted by atomic mass is 9.98. The molecule has 2 saturated heterocycles. The zero-order valence-electron chi connectivity index (χ0n) is 19.8. The Labute approximate surface area is 188 Å². The first-order valence-electron chi connectivity index (χ1n) is 11.7. The number of rotatable bonds is 8. The number of aliphatic imine (C=N–C) groups is 1. The molecule has 0 aromatic heterocycles. The van der Waals surface area contributed by atoms with E-state index in [0.717, 1.165) is 57.0 Å². The van der Waals surface area contributed by atoms with Crippen molar-refractivity contribution in [3.05, 3.63) is 29.8 Å². The number of likely N-dealkylation sites (tertiary alicyclic amines) is 1. The van der Waals surface area contributed by atoms with Crippen LogP contribution in [0.3, 0.4) is 0 Å². The van der Waals surface area contributed by atoms with Crippen molar-refractivity contribution < 1.29 is 9.47 Å². The summed E-state index contributed by atoms with van der Waals surface area (Å²) < 4.78 is 10.9. The third-order valence-electron chi connectivity index (χ3n) is 6.68. The van der Waals surface area contributed by atoms with Gasteiger partial charge < -0.3 is 20.1 Å². The molecular weight excluding hydrogens is 390 g/mol. The lowest BCUT2D eigenvalue weighted by molar-refractivity contribution is 0.0170. The van der Waals surface area contributed by atoms with Crippen molar-refractivity contribution >= 4 is 5.96 Å². The smallest absolute Gasteiger partial charge is 0.191 e. The van der Waals surface area contributed by atoms with Gasteiger partial charge in [0.1, 0.15) is 5.75 Å². The second kappa shape index (κ2) is 12.3. The van der Waals surface area contributed by atoms with E-state index in [-0.39, 0.29) is 6.04 Å². The summed E-state index contributed by atoms with van der Waals surface area (Å²) in [7, 11) is 3.55. The van der Waals surface area contributed by atoms with Gasteiger partial charge in [-0.25, -0.2) is 0 Å². The van der Waals surface area contributed by atoms with Crippen LogP contribution >= 0.6 is 0 Å². The van der Waals surface area contributed by atoms with Crippen molar-refractivity contribution in [2.45, 2.75) is 38.8 Å². The number of guanidine groups is 1. The van der Waals surface area contributed by atoms with Crippen LogP contribution in [0.25, 0.3) is 0 Å². The van der Waals surface area contributed by atoms with E-state index in [4.69, 9.17) is 9.47 Å². The van der Waals surface area contributed by atoms with Gasteiger partial charge in [0, 0.05) is 39.3 Å². The highest BCUT2D eigenvalue weighted by molar-refractivity contribution is 5.79. The fourth-order valence-corrected chi connectivity index (χ4v) is 4.43. The molecule has 3 rings (SSSR count). The number of benzene rings is 1. The molecule has 2 aliphatic heterocycles. The van der Waals surface area contributed by atoms with E-state index in [1.807, 2.05) is 19.2 Å². The number of morpholine rings is 1. The predicted molar refractivity (Wildman–Crippen MR) is 127 cm³/mol. The highest BCUT2D eigenvalue weighted by Crippen LogP contribution is 2.23. The van der Waals surface area contributed by atoms with Gasteiger partial charge in [0.05, 0.1) is 26.4 Å². The summed E-state index contributed by atoms with van der Waals surface area (Å²) >= 11 is 0. The molecule has 0 radical (unpaired) electrons. The summed E-state index contributed by atoms with van der Waals surface area (Å²) in [6.45, 7) is 12.2. The average molecular weight is 432 g/mol. The second-order valence-corrected chi connectivity index (χ2v) is 8.84. The summed E-state index contributed by atoms with van der Waals surface area (Å²) in [6.07, 6.45) is 2.61. The topological polar surface area (TPSA) is 61.4 Å². The molecule has 2 unspecified atom stereocenters. The van der Waals surface area contributed by atoms with Crippen LogP contribution in [0.15, 0.2) is 29.3 Å². The molecule has 2 heterocycles. The lowest BCUT2D eigenvalue weighted by Gasteiger charge is -2.36. The quantitative estimate of drug-likeness (QED) is 0.487. The highest BCUT2D eigenvalue weighted by atomic mass is 16.5. The Morgan fingerprint density at radius 2 is 1.71 bits per heavy atom. The van der Waals surface area contributed by atoms with E-state index in [0.29, 0.717) is 6.04 Å². The normalized spacial score (nSPS) is 21.5. The standard InChI is InChI=1S/C24H41N5O2/c1-19-9-11-28(12-10-19)20(2)17-26-24(25-3)27-18-23(29-13-15-31-16-14-29)21-5-7-22(30-4)8-6-21/h5-8,19-20,23H,9-18H2,1-4H3,(H2,25,26,27). The molecule has 2 N–H and O–H groups in total. The first kappa shape index (κ1) is 23.8. The number of hydrogen-bond acceptors (Lipinski definition) is 5. The second-order valence-electron chi connectivity index (χ2n) is 8.84. The van der Waals surface area contributed by atoms with Crippen LogP contribution in [0.1, 0.15) is 38.3 Å². The maximum atomic E-state index is 5.58. The Kier molecular flexibility index (Phi) is 9.43. The summed E-state index contributed by atoms with van der Waals surface area (Å²) in [5.74, 6) is 2.61. The van der Waals surface area contributed by atoms with E-state index in [1.54, 1.807) is 7.11 Å². The van der Waals surface area contributed by atoms with Crippen LogP contribution < -0.4 is 15.4 Å². The Balaban J connectivity index is 1.55. The van der Waals surface area contributed by atoms with Crippen molar-refractivity contribution in [1.82, 2.24) is 20.4 Å². The number of ether oxygens (including phenoxy) is 2. The molecule has 1 aromatic rings. The molecule has 0 bridgehead atoms. The molecule has 2 fully saturated rings. The summed E-state index contributed by atoms with van der Waals surface area (Å²) in [5.41, 5.74) is 1.28. The summed E-state index contributed by atoms with van der Waals surface area (Å²) in [4.78, 5) is 9.55. The Bertz CT molecular complexity index is 667. The molecule has 2 aliphatic rings. The molecule has 0 amide bonds. The molecule has 1 aromatic carbocycles. The molecule has 2 atom stereocenters. The van der Waals surface area contributed by atoms with Gasteiger partial charge in [-0.2, -0.15) is 0 Å². The van der Waals surface area contributed by atoms with E-state index < -0.39 is 0 Å². The minimum absolute atomic E-state index is 0.259. The molecule has 174 valence electrons. The fourth-order valence-electron chi connectivity index (χ4n) is 4.43. The fraction of sp³-hybridized carbons (Fsp3) is 0.708. The predicted octanol–water partition coefficient (Wildman–Crippen LogP) is 2.35. The Morgan fingerprint density at radius 1 is 1.06 bits per heavy atom. The molecule has 7 nitrogen and oxygen atoms in total. The third-order valence-corrected chi connectivity index (χ3v) is 6.68. The van der Waals surface area contributed by atoms with Crippen molar-refractivity contribution in [2.75, 3.05) is 66.6 Å². The van der Waals surface area contributed by atoms with E-state index in [2.05, 4.69) is 51.4 Å². The van der Waals surface area contributed by atoms with Crippen molar-refractivity contribution in [1.29, 1.82) is 0 Å². The number of nitrogens with one attached hydrogen (secondary N) is 2. The monoisotopic (exact) mass is 431 g/mol. The van der Waals surface area contributed by atoms with E-state index in [1.165, 1.54) is 31.5 Å². The van der Waals surface area contributed by atoms with Crippen LogP contribution in [0, 0.1) is 5.92 Å². The van der Waals surface area contributed by atoms with Gasteiger partial charge in [-0.05, 0) is 56.5 Å². The van der Waals surface area contributed by atoms with Gasteiger partial charge in [-0.15, -0.1) is 0 Å². The van der Waals surface area contributed by atoms with Crippen LogP contribution in [0.5, 0.6) is 5.75 Å². The van der Waals surface area contributed by atoms with Gasteiger partial charge in [-0.1, -0.05) is 19.1 Å². The van der Waals surface area contributed by atoms with Gasteiger partial charge in [0.2, 0.25) is 0 Å². The highest BCUT2D eigenvalue weighted by Gasteiger charge is 2.24. The minimum atomic E-state index is 0.259. The lowest BCUT2D eigenvalue weighted by Crippen LogP contribution is -2.50. The zero-order chi connectivity index (χ0) is 22.1. The SMILES string of the molecule is CN=C(NCC(C)N1CCC(C)CC1)NCC(c1ccc(OC)cc1)N1CCOCC1. The zero-order valence-corrected chi connectivity index (χ0v) is 19.8. The van der Waals surface area contributed by atoms with E-state index in [9.17, 15) is 0 Å². The van der Waals surface area contributed by atoms with Gasteiger partial charge >= 0.3 is 0 Å². The van der Waals surface area contributed by atoms with Crippen molar-refractivity contribution in [3.63, 3.8) is 0 Å². The van der Waals surface area contributed by atoms with Crippen molar-refractivity contribution in [2.24, 2.45) is 10.9 Å².